The second-order valence-corrected chi connectivity index (χ2v) is 4.80. The Kier molecular flexibility index (Phi) is 3.28. The minimum absolute atomic E-state index is 0.960. The Morgan fingerprint density at radius 3 is 2.42 bits per heavy atom. The number of pyridine rings is 1. The molecular weight excluding hydrogens is 230 g/mol. The van der Waals surface area contributed by atoms with E-state index < -0.39 is 0 Å². The lowest BCUT2D eigenvalue weighted by Gasteiger charge is -2.09. The Bertz CT molecular complexity index is 686. The first-order valence-corrected chi connectivity index (χ1v) is 6.78. The Morgan fingerprint density at radius 1 is 0.895 bits per heavy atom. The molecule has 0 N–H and O–H groups in total. The number of nitrogens with zero attached hydrogens (tertiary/aromatic N) is 1. The summed E-state index contributed by atoms with van der Waals surface area (Å²) in [6.45, 7) is 2.17. The van der Waals surface area contributed by atoms with E-state index in [2.05, 4.69) is 61.5 Å². The first kappa shape index (κ1) is 11.9. The van der Waals surface area contributed by atoms with Crippen LogP contribution in [0.3, 0.4) is 0 Å². The number of fused-ring (bicyclic) bond motifs is 1. The van der Waals surface area contributed by atoms with E-state index in [0.717, 1.165) is 18.4 Å². The third-order valence-electron chi connectivity index (χ3n) is 3.46. The first-order chi connectivity index (χ1) is 9.36. The molecule has 0 spiro atoms. The summed E-state index contributed by atoms with van der Waals surface area (Å²) in [5.74, 6) is 0. The predicted molar refractivity (Wildman–Crippen MR) is 80.4 cm³/mol. The van der Waals surface area contributed by atoms with Crippen LogP contribution in [0.25, 0.3) is 10.9 Å². The van der Waals surface area contributed by atoms with E-state index in [0.29, 0.717) is 0 Å². The van der Waals surface area contributed by atoms with E-state index >= 15 is 0 Å². The van der Waals surface area contributed by atoms with Gasteiger partial charge in [-0.1, -0.05) is 55.5 Å². The van der Waals surface area contributed by atoms with E-state index in [4.69, 9.17) is 4.98 Å². The van der Waals surface area contributed by atoms with Gasteiger partial charge < -0.3 is 0 Å². The Balaban J connectivity index is 2.06. The van der Waals surface area contributed by atoms with Gasteiger partial charge >= 0.3 is 0 Å². The zero-order chi connectivity index (χ0) is 13.1. The molecule has 94 valence electrons. The maximum atomic E-state index is 4.79. The van der Waals surface area contributed by atoms with Crippen LogP contribution in [0.5, 0.6) is 0 Å². The normalized spacial score (nSPS) is 10.8. The smallest absolute Gasteiger partial charge is 0.0705 e. The minimum Gasteiger partial charge on any atom is -0.253 e. The average Bonchev–Trinajstić information content (AvgIpc) is 2.47. The van der Waals surface area contributed by atoms with Crippen molar-refractivity contribution in [3.63, 3.8) is 0 Å². The maximum Gasteiger partial charge on any atom is 0.0705 e. The van der Waals surface area contributed by atoms with Gasteiger partial charge in [-0.05, 0) is 36.1 Å². The van der Waals surface area contributed by atoms with Crippen LogP contribution in [0, 0.1) is 0 Å². The molecule has 0 bridgehead atoms. The fraction of sp³-hybridized carbons (Fsp3) is 0.167. The fourth-order valence-corrected chi connectivity index (χ4v) is 2.47. The average molecular weight is 247 g/mol. The van der Waals surface area contributed by atoms with Gasteiger partial charge in [0.15, 0.2) is 0 Å². The molecule has 0 amide bonds. The van der Waals surface area contributed by atoms with E-state index in [9.17, 15) is 0 Å². The van der Waals surface area contributed by atoms with E-state index in [1.165, 1.54) is 22.2 Å². The molecule has 1 aromatic heterocycles. The van der Waals surface area contributed by atoms with Crippen molar-refractivity contribution in [1.82, 2.24) is 4.98 Å². The van der Waals surface area contributed by atoms with Crippen LogP contribution in [0.15, 0.2) is 60.7 Å². The van der Waals surface area contributed by atoms with Gasteiger partial charge in [0.05, 0.1) is 5.52 Å². The molecule has 0 aliphatic rings. The van der Waals surface area contributed by atoms with Crippen molar-refractivity contribution < 1.29 is 0 Å². The summed E-state index contributed by atoms with van der Waals surface area (Å²) in [4.78, 5) is 4.79. The highest BCUT2D eigenvalue weighted by Crippen LogP contribution is 2.20. The SMILES string of the molecule is CCc1nc2ccccc2cc1Cc1ccccc1. The van der Waals surface area contributed by atoms with Gasteiger partial charge in [0.25, 0.3) is 0 Å². The summed E-state index contributed by atoms with van der Waals surface area (Å²) in [7, 11) is 0. The van der Waals surface area contributed by atoms with E-state index in [1.807, 2.05) is 6.07 Å². The van der Waals surface area contributed by atoms with Gasteiger partial charge in [-0.25, -0.2) is 0 Å². The van der Waals surface area contributed by atoms with Gasteiger partial charge in [-0.2, -0.15) is 0 Å². The second kappa shape index (κ2) is 5.23. The van der Waals surface area contributed by atoms with Crippen molar-refractivity contribution in [2.24, 2.45) is 0 Å². The third-order valence-corrected chi connectivity index (χ3v) is 3.46. The van der Waals surface area contributed by atoms with Crippen molar-refractivity contribution in [2.45, 2.75) is 19.8 Å². The standard InChI is InChI=1S/C18H17N/c1-2-17-16(12-14-8-4-3-5-9-14)13-15-10-6-7-11-18(15)19-17/h3-11,13H,2,12H2,1H3. The highest BCUT2D eigenvalue weighted by atomic mass is 14.7. The molecule has 19 heavy (non-hydrogen) atoms. The van der Waals surface area contributed by atoms with Crippen LogP contribution >= 0.6 is 0 Å². The Morgan fingerprint density at radius 2 is 1.63 bits per heavy atom. The topological polar surface area (TPSA) is 12.9 Å². The molecule has 0 saturated heterocycles. The molecule has 3 rings (SSSR count). The lowest BCUT2D eigenvalue weighted by atomic mass is 10.0. The third kappa shape index (κ3) is 2.50. The number of hydrogen-bond acceptors (Lipinski definition) is 1. The molecule has 1 nitrogen and oxygen atoms in total. The van der Waals surface area contributed by atoms with E-state index in [1.54, 1.807) is 0 Å². The van der Waals surface area contributed by atoms with Crippen LogP contribution in [0.2, 0.25) is 0 Å². The number of hydrogen-bond donors (Lipinski definition) is 0. The van der Waals surface area contributed by atoms with Gasteiger partial charge in [0.1, 0.15) is 0 Å². The molecule has 0 aliphatic heterocycles. The highest BCUT2D eigenvalue weighted by Gasteiger charge is 2.06. The summed E-state index contributed by atoms with van der Waals surface area (Å²) in [6, 6.07) is 21.2. The van der Waals surface area contributed by atoms with Crippen LogP contribution in [-0.2, 0) is 12.8 Å². The number of benzene rings is 2. The molecule has 0 atom stereocenters. The number of aromatic nitrogens is 1. The van der Waals surface area contributed by atoms with Crippen LogP contribution in [0.4, 0.5) is 0 Å². The van der Waals surface area contributed by atoms with E-state index in [-0.39, 0.29) is 0 Å². The molecule has 1 heteroatoms. The molecule has 0 aliphatic carbocycles. The summed E-state index contributed by atoms with van der Waals surface area (Å²) in [5, 5.41) is 1.23. The number of aryl methyl sites for hydroxylation is 1. The molecular formula is C18H17N. The largest absolute Gasteiger partial charge is 0.253 e. The lowest BCUT2D eigenvalue weighted by Crippen LogP contribution is -1.98. The molecule has 1 heterocycles. The van der Waals surface area contributed by atoms with Gasteiger partial charge in [-0.15, -0.1) is 0 Å². The minimum atomic E-state index is 0.960. The molecule has 0 radical (unpaired) electrons. The van der Waals surface area contributed by atoms with Crippen molar-refractivity contribution in [3.05, 3.63) is 77.5 Å². The Hall–Kier alpha value is -2.15. The van der Waals surface area contributed by atoms with Crippen LogP contribution in [0.1, 0.15) is 23.7 Å². The van der Waals surface area contributed by atoms with Gasteiger partial charge in [0.2, 0.25) is 0 Å². The number of para-hydroxylation sites is 1. The van der Waals surface area contributed by atoms with Crippen molar-refractivity contribution >= 4 is 10.9 Å². The molecule has 2 aromatic carbocycles. The summed E-state index contributed by atoms with van der Waals surface area (Å²) in [6.07, 6.45) is 1.94. The first-order valence-electron chi connectivity index (χ1n) is 6.78. The second-order valence-electron chi connectivity index (χ2n) is 4.80. The van der Waals surface area contributed by atoms with Gasteiger partial charge in [-0.3, -0.25) is 4.98 Å². The van der Waals surface area contributed by atoms with Crippen molar-refractivity contribution in [3.8, 4) is 0 Å². The zero-order valence-electron chi connectivity index (χ0n) is 11.1. The highest BCUT2D eigenvalue weighted by molar-refractivity contribution is 5.79. The number of rotatable bonds is 3. The summed E-state index contributed by atoms with van der Waals surface area (Å²) >= 11 is 0. The lowest BCUT2D eigenvalue weighted by molar-refractivity contribution is 0.997. The van der Waals surface area contributed by atoms with Crippen LogP contribution < -0.4 is 0 Å². The quantitative estimate of drug-likeness (QED) is 0.669. The zero-order valence-corrected chi connectivity index (χ0v) is 11.1. The molecule has 3 aromatic rings. The van der Waals surface area contributed by atoms with Crippen molar-refractivity contribution in [1.29, 1.82) is 0 Å². The summed E-state index contributed by atoms with van der Waals surface area (Å²) < 4.78 is 0. The fourth-order valence-electron chi connectivity index (χ4n) is 2.47. The summed E-state index contributed by atoms with van der Waals surface area (Å²) in [5.41, 5.74) is 4.99. The molecule has 0 unspecified atom stereocenters. The molecule has 0 fully saturated rings. The maximum absolute atomic E-state index is 4.79. The monoisotopic (exact) mass is 247 g/mol. The Labute approximate surface area is 113 Å². The van der Waals surface area contributed by atoms with Crippen molar-refractivity contribution in [2.75, 3.05) is 0 Å². The predicted octanol–water partition coefficient (Wildman–Crippen LogP) is 4.39. The molecule has 0 saturated carbocycles. The van der Waals surface area contributed by atoms with Gasteiger partial charge in [0, 0.05) is 11.1 Å². The van der Waals surface area contributed by atoms with Crippen LogP contribution in [-0.4, -0.2) is 4.98 Å².